The van der Waals surface area contributed by atoms with Crippen molar-refractivity contribution in [2.24, 2.45) is 0 Å². The van der Waals surface area contributed by atoms with Gasteiger partial charge >= 0.3 is 7.60 Å². The summed E-state index contributed by atoms with van der Waals surface area (Å²) < 4.78 is 17.9. The van der Waals surface area contributed by atoms with Gasteiger partial charge in [-0.05, 0) is 6.42 Å². The maximum absolute atomic E-state index is 12.2. The van der Waals surface area contributed by atoms with Crippen LogP contribution in [-0.4, -0.2) is 72.3 Å². The molecule has 1 atom stereocenters. The fourth-order valence-corrected chi connectivity index (χ4v) is 5.39. The lowest BCUT2D eigenvalue weighted by molar-refractivity contribution is -0.907. The van der Waals surface area contributed by atoms with Gasteiger partial charge in [0, 0.05) is 0 Å². The van der Waals surface area contributed by atoms with Gasteiger partial charge in [0.2, 0.25) is 0 Å². The topological polar surface area (TPSA) is 87.0 Å². The number of rotatable bonds is 25. The van der Waals surface area contributed by atoms with E-state index in [1.807, 2.05) is 7.05 Å². The van der Waals surface area contributed by atoms with Gasteiger partial charge in [-0.3, -0.25) is 4.57 Å². The average Bonchev–Trinajstić information content (AvgIpc) is 2.75. The molecule has 0 amide bonds. The molecule has 6 nitrogen and oxygen atoms in total. The molecule has 194 valence electrons. The van der Waals surface area contributed by atoms with E-state index in [1.54, 1.807) is 0 Å². The monoisotopic (exact) mass is 480 g/mol. The third-order valence-corrected chi connectivity index (χ3v) is 7.84. The number of likely N-dealkylation sites (N-methyl/N-ethyl adjacent to an activating group) is 1. The fourth-order valence-electron chi connectivity index (χ4n) is 4.11. The highest BCUT2D eigenvalue weighted by molar-refractivity contribution is 7.52. The number of nitrogens with zero attached hydrogens (tertiary/aromatic N) is 1. The molecule has 0 radical (unpaired) electrons. The van der Waals surface area contributed by atoms with E-state index in [1.165, 1.54) is 89.9 Å². The maximum Gasteiger partial charge on any atom is 0.333 e. The molecule has 0 bridgehead atoms. The Bertz CT molecular complexity index is 444. The Labute approximate surface area is 198 Å². The molecule has 3 N–H and O–H groups in total. The van der Waals surface area contributed by atoms with Crippen molar-refractivity contribution in [3.63, 3.8) is 0 Å². The number of quaternary nitrogens is 1. The zero-order valence-electron chi connectivity index (χ0n) is 21.3. The molecule has 0 aliphatic carbocycles. The van der Waals surface area contributed by atoms with Crippen molar-refractivity contribution in [2.75, 3.05) is 52.7 Å². The quantitative estimate of drug-likeness (QED) is 0.0863. The predicted octanol–water partition coefficient (Wildman–Crippen LogP) is 5.88. The lowest BCUT2D eigenvalue weighted by Gasteiger charge is -2.33. The number of hydrogen-bond acceptors (Lipinski definition) is 4. The molecule has 32 heavy (non-hydrogen) atoms. The third-order valence-electron chi connectivity index (χ3n) is 6.49. The normalized spacial score (nSPS) is 14.0. The van der Waals surface area contributed by atoms with Gasteiger partial charge in [0.15, 0.2) is 0 Å². The summed E-state index contributed by atoms with van der Waals surface area (Å²) in [6.45, 7) is 3.91. The molecule has 7 heteroatoms. The first-order valence-corrected chi connectivity index (χ1v) is 15.2. The molecule has 0 saturated heterocycles. The van der Waals surface area contributed by atoms with E-state index in [9.17, 15) is 9.46 Å². The highest BCUT2D eigenvalue weighted by atomic mass is 31.2. The van der Waals surface area contributed by atoms with Crippen molar-refractivity contribution in [1.29, 1.82) is 0 Å². The summed E-state index contributed by atoms with van der Waals surface area (Å²) in [5, 5.41) is 18.3. The second kappa shape index (κ2) is 21.6. The Morgan fingerprint density at radius 2 is 1.03 bits per heavy atom. The zero-order chi connectivity index (χ0) is 24.0. The van der Waals surface area contributed by atoms with E-state index < -0.39 is 7.60 Å². The molecule has 0 aromatic carbocycles. The number of unbranched alkanes of at least 4 members (excludes halogenated alkanes) is 15. The molecule has 0 heterocycles. The summed E-state index contributed by atoms with van der Waals surface area (Å²) in [5.41, 5.74) is 0. The lowest BCUT2D eigenvalue weighted by Crippen LogP contribution is -2.49. The molecular formula is C25H55NO5P+. The molecule has 0 spiro atoms. The predicted molar refractivity (Wildman–Crippen MR) is 135 cm³/mol. The van der Waals surface area contributed by atoms with Crippen LogP contribution in [0.25, 0.3) is 0 Å². The SMILES string of the molecule is CCCCCCCCCCCCCCCCCCOP(=O)(O)CC[N+](C)(CCO)CCO. The summed E-state index contributed by atoms with van der Waals surface area (Å²) in [7, 11) is -1.73. The average molecular weight is 481 g/mol. The van der Waals surface area contributed by atoms with Crippen LogP contribution < -0.4 is 0 Å². The van der Waals surface area contributed by atoms with E-state index in [4.69, 9.17) is 14.7 Å². The Balaban J connectivity index is 3.51. The lowest BCUT2D eigenvalue weighted by atomic mass is 10.0. The van der Waals surface area contributed by atoms with Crippen LogP contribution in [0.15, 0.2) is 0 Å². The van der Waals surface area contributed by atoms with Gasteiger partial charge in [-0.1, -0.05) is 103 Å². The van der Waals surface area contributed by atoms with Gasteiger partial charge < -0.3 is 24.1 Å². The van der Waals surface area contributed by atoms with E-state index in [0.29, 0.717) is 30.7 Å². The molecule has 0 rings (SSSR count). The highest BCUT2D eigenvalue weighted by Gasteiger charge is 2.27. The molecular weight excluding hydrogens is 425 g/mol. The summed E-state index contributed by atoms with van der Waals surface area (Å²) in [6.07, 6.45) is 20.9. The molecule has 1 unspecified atom stereocenters. The van der Waals surface area contributed by atoms with Crippen molar-refractivity contribution in [2.45, 2.75) is 110 Å². The summed E-state index contributed by atoms with van der Waals surface area (Å²) in [6, 6.07) is 0. The van der Waals surface area contributed by atoms with Gasteiger partial charge in [-0.25, -0.2) is 0 Å². The van der Waals surface area contributed by atoms with Crippen molar-refractivity contribution in [3.8, 4) is 0 Å². The summed E-state index contributed by atoms with van der Waals surface area (Å²) in [5.74, 6) is 0. The van der Waals surface area contributed by atoms with Crippen LogP contribution in [-0.2, 0) is 9.09 Å². The van der Waals surface area contributed by atoms with Gasteiger partial charge in [0.05, 0.1) is 39.6 Å². The second-order valence-electron chi connectivity index (χ2n) is 9.74. The van der Waals surface area contributed by atoms with Crippen LogP contribution in [0, 0.1) is 0 Å². The van der Waals surface area contributed by atoms with Crippen LogP contribution in [0.3, 0.4) is 0 Å². The second-order valence-corrected chi connectivity index (χ2v) is 11.7. The summed E-state index contributed by atoms with van der Waals surface area (Å²) in [4.78, 5) is 10.0. The number of aliphatic hydroxyl groups excluding tert-OH is 2. The first-order valence-electron chi connectivity index (χ1n) is 13.4. The van der Waals surface area contributed by atoms with Crippen LogP contribution in [0.5, 0.6) is 0 Å². The van der Waals surface area contributed by atoms with Crippen molar-refractivity contribution in [1.82, 2.24) is 0 Å². The standard InChI is InChI=1S/C25H54NO5P/c1-3-4-5-6-7-8-9-10-11-12-13-14-15-16-17-18-24-31-32(29,30)25-21-26(2,19-22-27)20-23-28/h27-28H,3-25H2,1-2H3/p+1. The Kier molecular flexibility index (Phi) is 21.6. The van der Waals surface area contributed by atoms with Crippen molar-refractivity contribution in [3.05, 3.63) is 0 Å². The molecule has 0 aliphatic heterocycles. The third kappa shape index (κ3) is 20.6. The first-order chi connectivity index (χ1) is 15.4. The highest BCUT2D eigenvalue weighted by Crippen LogP contribution is 2.42. The molecule has 0 saturated carbocycles. The summed E-state index contributed by atoms with van der Waals surface area (Å²) >= 11 is 0. The largest absolute Gasteiger partial charge is 0.391 e. The van der Waals surface area contributed by atoms with Crippen molar-refractivity contribution < 1.29 is 28.7 Å². The Hall–Kier alpha value is 0.0300. The zero-order valence-corrected chi connectivity index (χ0v) is 22.2. The fraction of sp³-hybridized carbons (Fsp3) is 1.00. The Morgan fingerprint density at radius 3 is 1.41 bits per heavy atom. The minimum absolute atomic E-state index is 0.00766. The minimum Gasteiger partial charge on any atom is -0.391 e. The number of aliphatic hydroxyl groups is 2. The number of hydrogen-bond donors (Lipinski definition) is 3. The van der Waals surface area contributed by atoms with Crippen LogP contribution in [0.1, 0.15) is 110 Å². The van der Waals surface area contributed by atoms with Crippen LogP contribution in [0.4, 0.5) is 0 Å². The van der Waals surface area contributed by atoms with E-state index in [2.05, 4.69) is 6.92 Å². The first kappa shape index (κ1) is 32.0. The smallest absolute Gasteiger partial charge is 0.333 e. The van der Waals surface area contributed by atoms with Crippen molar-refractivity contribution >= 4 is 7.60 Å². The van der Waals surface area contributed by atoms with Crippen LogP contribution >= 0.6 is 7.60 Å². The van der Waals surface area contributed by atoms with E-state index >= 15 is 0 Å². The minimum atomic E-state index is -3.61. The maximum atomic E-state index is 12.2. The van der Waals surface area contributed by atoms with E-state index in [-0.39, 0.29) is 19.4 Å². The van der Waals surface area contributed by atoms with Crippen LogP contribution in [0.2, 0.25) is 0 Å². The van der Waals surface area contributed by atoms with Gasteiger partial charge in [0.25, 0.3) is 0 Å². The molecule has 0 aromatic heterocycles. The van der Waals surface area contributed by atoms with Gasteiger partial charge in [-0.2, -0.15) is 0 Å². The molecule has 0 aliphatic rings. The van der Waals surface area contributed by atoms with Gasteiger partial charge in [0.1, 0.15) is 13.1 Å². The van der Waals surface area contributed by atoms with E-state index in [0.717, 1.165) is 12.8 Å². The molecule has 0 fully saturated rings. The molecule has 0 aromatic rings. The Morgan fingerprint density at radius 1 is 0.656 bits per heavy atom. The van der Waals surface area contributed by atoms with Gasteiger partial charge in [-0.15, -0.1) is 0 Å².